The maximum absolute atomic E-state index is 12.4. The van der Waals surface area contributed by atoms with Crippen LogP contribution in [0.25, 0.3) is 0 Å². The van der Waals surface area contributed by atoms with Crippen molar-refractivity contribution in [3.05, 3.63) is 44.3 Å². The van der Waals surface area contributed by atoms with Crippen LogP contribution in [0.5, 0.6) is 0 Å². The molecule has 3 rings (SSSR count). The number of aromatic amines is 1. The van der Waals surface area contributed by atoms with E-state index in [0.717, 1.165) is 24.4 Å². The van der Waals surface area contributed by atoms with Crippen LogP contribution >= 0.6 is 11.3 Å². The van der Waals surface area contributed by atoms with Gasteiger partial charge >= 0.3 is 0 Å². The predicted octanol–water partition coefficient (Wildman–Crippen LogP) is 1.55. The summed E-state index contributed by atoms with van der Waals surface area (Å²) in [6, 6.07) is 2.80. The van der Waals surface area contributed by atoms with E-state index in [1.807, 2.05) is 13.1 Å². The van der Waals surface area contributed by atoms with Crippen molar-refractivity contribution >= 4 is 17.2 Å². The van der Waals surface area contributed by atoms with Gasteiger partial charge in [0.15, 0.2) is 0 Å². The number of hydrogen-bond acceptors (Lipinski definition) is 5. The van der Waals surface area contributed by atoms with Gasteiger partial charge in [0.05, 0.1) is 5.01 Å². The van der Waals surface area contributed by atoms with Gasteiger partial charge in [-0.3, -0.25) is 9.59 Å². The third kappa shape index (κ3) is 3.02. The van der Waals surface area contributed by atoms with Crippen LogP contribution in [-0.4, -0.2) is 39.1 Å². The molecule has 7 heteroatoms. The number of nitrogens with one attached hydrogen (secondary N) is 1. The molecular formula is C14H16N4O2S. The van der Waals surface area contributed by atoms with Gasteiger partial charge in [-0.25, -0.2) is 10.1 Å². The maximum Gasteiger partial charge on any atom is 0.274 e. The summed E-state index contributed by atoms with van der Waals surface area (Å²) in [5.41, 5.74) is -0.0214. The van der Waals surface area contributed by atoms with E-state index in [0.29, 0.717) is 12.5 Å². The minimum Gasteiger partial charge on any atom is -0.337 e. The summed E-state index contributed by atoms with van der Waals surface area (Å²) in [6.07, 6.45) is 3.89. The van der Waals surface area contributed by atoms with E-state index in [9.17, 15) is 9.59 Å². The minimum absolute atomic E-state index is 0.135. The highest BCUT2D eigenvalue weighted by atomic mass is 32.1. The number of likely N-dealkylation sites (tertiary alicyclic amines) is 1. The average Bonchev–Trinajstić information content (AvgIpc) is 2.94. The quantitative estimate of drug-likeness (QED) is 0.913. The molecule has 1 N–H and O–H groups in total. The zero-order valence-corrected chi connectivity index (χ0v) is 12.5. The zero-order valence-electron chi connectivity index (χ0n) is 11.7. The van der Waals surface area contributed by atoms with E-state index >= 15 is 0 Å². The van der Waals surface area contributed by atoms with Crippen LogP contribution in [0.15, 0.2) is 23.1 Å². The van der Waals surface area contributed by atoms with Gasteiger partial charge in [0.25, 0.3) is 11.5 Å². The third-order valence-electron chi connectivity index (χ3n) is 3.60. The molecule has 0 spiro atoms. The molecule has 1 aliphatic rings. The second-order valence-corrected chi connectivity index (χ2v) is 6.47. The highest BCUT2D eigenvalue weighted by Crippen LogP contribution is 2.30. The standard InChI is InChI=1S/C14H16N4O2S/c1-9-7-15-13(21-9)10-3-2-6-18(8-10)14(20)11-4-5-12(19)17-16-11/h4-5,7,10H,2-3,6,8H2,1H3,(H,17,19)/t10-/m1/s1. The summed E-state index contributed by atoms with van der Waals surface area (Å²) in [5, 5.41) is 7.21. The van der Waals surface area contributed by atoms with E-state index in [4.69, 9.17) is 0 Å². The first-order chi connectivity index (χ1) is 10.1. The summed E-state index contributed by atoms with van der Waals surface area (Å²) in [6.45, 7) is 3.42. The Morgan fingerprint density at radius 1 is 1.48 bits per heavy atom. The maximum atomic E-state index is 12.4. The molecule has 1 saturated heterocycles. The van der Waals surface area contributed by atoms with E-state index < -0.39 is 0 Å². The molecule has 2 aromatic heterocycles. The van der Waals surface area contributed by atoms with Crippen LogP contribution < -0.4 is 5.56 Å². The van der Waals surface area contributed by atoms with Gasteiger partial charge in [-0.2, -0.15) is 5.10 Å². The van der Waals surface area contributed by atoms with Gasteiger partial charge in [0, 0.05) is 36.1 Å². The van der Waals surface area contributed by atoms with Crippen LogP contribution in [0.2, 0.25) is 0 Å². The topological polar surface area (TPSA) is 79.0 Å². The van der Waals surface area contributed by atoms with Gasteiger partial charge in [-0.05, 0) is 25.8 Å². The summed E-state index contributed by atoms with van der Waals surface area (Å²) in [4.78, 5) is 30.9. The molecule has 6 nitrogen and oxygen atoms in total. The second-order valence-electron chi connectivity index (χ2n) is 5.21. The second kappa shape index (κ2) is 5.77. The molecule has 110 valence electrons. The van der Waals surface area contributed by atoms with Gasteiger partial charge in [0.2, 0.25) is 0 Å². The molecule has 0 aliphatic carbocycles. The number of aryl methyl sites for hydroxylation is 1. The lowest BCUT2D eigenvalue weighted by Gasteiger charge is -2.31. The van der Waals surface area contributed by atoms with Crippen LogP contribution in [-0.2, 0) is 0 Å². The summed E-state index contributed by atoms with van der Waals surface area (Å²) in [7, 11) is 0. The number of carbonyl (C=O) groups is 1. The van der Waals surface area contributed by atoms with Gasteiger partial charge in [0.1, 0.15) is 5.69 Å². The fourth-order valence-electron chi connectivity index (χ4n) is 2.55. The number of H-pyrrole nitrogens is 1. The van der Waals surface area contributed by atoms with Crippen LogP contribution in [0.4, 0.5) is 0 Å². The van der Waals surface area contributed by atoms with E-state index in [1.54, 1.807) is 16.2 Å². The molecule has 2 aromatic rings. The lowest BCUT2D eigenvalue weighted by molar-refractivity contribution is 0.0699. The van der Waals surface area contributed by atoms with Crippen LogP contribution in [0, 0.1) is 6.92 Å². The Morgan fingerprint density at radius 3 is 3.00 bits per heavy atom. The van der Waals surface area contributed by atoms with Crippen LogP contribution in [0.3, 0.4) is 0 Å². The van der Waals surface area contributed by atoms with Crippen molar-refractivity contribution in [3.63, 3.8) is 0 Å². The molecule has 0 saturated carbocycles. The molecular weight excluding hydrogens is 288 g/mol. The first-order valence-corrected chi connectivity index (χ1v) is 7.72. The summed E-state index contributed by atoms with van der Waals surface area (Å²) in [5.74, 6) is 0.161. The zero-order chi connectivity index (χ0) is 14.8. The molecule has 0 radical (unpaired) electrons. The molecule has 1 aliphatic heterocycles. The molecule has 1 fully saturated rings. The van der Waals surface area contributed by atoms with Crippen molar-refractivity contribution in [1.29, 1.82) is 0 Å². The Kier molecular flexibility index (Phi) is 3.83. The van der Waals surface area contributed by atoms with Crippen molar-refractivity contribution in [3.8, 4) is 0 Å². The lowest BCUT2D eigenvalue weighted by Crippen LogP contribution is -2.39. The SMILES string of the molecule is Cc1cnc([C@@H]2CCCN(C(=O)c3ccc(=O)[nH]n3)C2)s1. The number of piperidine rings is 1. The normalized spacial score (nSPS) is 18.7. The lowest BCUT2D eigenvalue weighted by atomic mass is 9.98. The molecule has 3 heterocycles. The Hall–Kier alpha value is -2.02. The fourth-order valence-corrected chi connectivity index (χ4v) is 3.45. The van der Waals surface area contributed by atoms with Gasteiger partial charge in [-0.15, -0.1) is 11.3 Å². The van der Waals surface area contributed by atoms with Crippen molar-refractivity contribution in [2.24, 2.45) is 0 Å². The monoisotopic (exact) mass is 304 g/mol. The van der Waals surface area contributed by atoms with E-state index in [2.05, 4.69) is 15.2 Å². The average molecular weight is 304 g/mol. The Labute approximate surface area is 125 Å². The smallest absolute Gasteiger partial charge is 0.274 e. The number of amides is 1. The Morgan fingerprint density at radius 2 is 2.33 bits per heavy atom. The molecule has 1 amide bonds. The first kappa shape index (κ1) is 13.9. The van der Waals surface area contributed by atoms with Crippen molar-refractivity contribution in [2.45, 2.75) is 25.7 Å². The highest BCUT2D eigenvalue weighted by Gasteiger charge is 2.27. The molecule has 0 bridgehead atoms. The summed E-state index contributed by atoms with van der Waals surface area (Å²) >= 11 is 1.69. The van der Waals surface area contributed by atoms with Crippen molar-refractivity contribution < 1.29 is 4.79 Å². The van der Waals surface area contributed by atoms with Crippen molar-refractivity contribution in [2.75, 3.05) is 13.1 Å². The van der Waals surface area contributed by atoms with Crippen LogP contribution in [0.1, 0.15) is 39.1 Å². The third-order valence-corrected chi connectivity index (χ3v) is 4.67. The van der Waals surface area contributed by atoms with Gasteiger partial charge in [-0.1, -0.05) is 0 Å². The number of carbonyl (C=O) groups excluding carboxylic acids is 1. The predicted molar refractivity (Wildman–Crippen MR) is 79.6 cm³/mol. The molecule has 0 unspecified atom stereocenters. The number of rotatable bonds is 2. The number of hydrogen-bond donors (Lipinski definition) is 1. The first-order valence-electron chi connectivity index (χ1n) is 6.91. The summed E-state index contributed by atoms with van der Waals surface area (Å²) < 4.78 is 0. The van der Waals surface area contributed by atoms with Crippen molar-refractivity contribution in [1.82, 2.24) is 20.1 Å². The van der Waals surface area contributed by atoms with E-state index in [1.165, 1.54) is 17.0 Å². The van der Waals surface area contributed by atoms with Gasteiger partial charge < -0.3 is 4.90 Å². The largest absolute Gasteiger partial charge is 0.337 e. The minimum atomic E-state index is -0.304. The van der Waals surface area contributed by atoms with E-state index in [-0.39, 0.29) is 17.2 Å². The number of thiazole rings is 1. The molecule has 21 heavy (non-hydrogen) atoms. The molecule has 1 atom stereocenters. The Bertz CT molecular complexity index is 688. The fraction of sp³-hybridized carbons (Fsp3) is 0.429. The Balaban J connectivity index is 1.75. The molecule has 0 aromatic carbocycles. The number of nitrogens with zero attached hydrogens (tertiary/aromatic N) is 3. The highest BCUT2D eigenvalue weighted by molar-refractivity contribution is 7.11. The number of aromatic nitrogens is 3.